The van der Waals surface area contributed by atoms with Crippen LogP contribution >= 0.6 is 23.5 Å². The van der Waals surface area contributed by atoms with Gasteiger partial charge >= 0.3 is 5.97 Å². The first-order chi connectivity index (χ1) is 28.0. The molecule has 4 aromatic rings. The number of carbonyl (C=O) groups excluding carboxylic acids is 4. The third-order valence-corrected chi connectivity index (χ3v) is 10.9. The minimum atomic E-state index is -0.799. The van der Waals surface area contributed by atoms with Gasteiger partial charge in [0.25, 0.3) is 23.2 Å². The predicted molar refractivity (Wildman–Crippen MR) is 213 cm³/mol. The Morgan fingerprint density at radius 1 is 0.690 bits per heavy atom. The normalized spacial score (nSPS) is 15.7. The summed E-state index contributed by atoms with van der Waals surface area (Å²) < 4.78 is 26.7. The molecule has 2 saturated heterocycles. The molecule has 6 rings (SSSR count). The van der Waals surface area contributed by atoms with Crippen LogP contribution in [0, 0.1) is 20.2 Å². The number of amides is 2. The van der Waals surface area contributed by atoms with Crippen LogP contribution < -0.4 is 18.9 Å². The molecule has 0 aromatic heterocycles. The average molecular weight is 835 g/mol. The summed E-state index contributed by atoms with van der Waals surface area (Å²) in [5.74, 6) is 0.267. The van der Waals surface area contributed by atoms with E-state index in [-0.39, 0.29) is 53.2 Å². The van der Waals surface area contributed by atoms with Crippen molar-refractivity contribution in [3.05, 3.63) is 127 Å². The van der Waals surface area contributed by atoms with E-state index in [1.807, 2.05) is 60.7 Å². The van der Waals surface area contributed by atoms with E-state index in [9.17, 15) is 39.4 Å². The Kier molecular flexibility index (Phi) is 14.9. The van der Waals surface area contributed by atoms with Crippen LogP contribution in [-0.2, 0) is 27.5 Å². The molecule has 0 spiro atoms. The van der Waals surface area contributed by atoms with Gasteiger partial charge in [-0.05, 0) is 11.1 Å². The summed E-state index contributed by atoms with van der Waals surface area (Å²) in [6.45, 7) is 0.368. The monoisotopic (exact) mass is 834 g/mol. The second kappa shape index (κ2) is 20.2. The van der Waals surface area contributed by atoms with Crippen molar-refractivity contribution in [1.82, 2.24) is 9.80 Å². The molecule has 0 N–H and O–H groups in total. The lowest BCUT2D eigenvalue weighted by molar-refractivity contribution is -0.385. The molecule has 0 unspecified atom stereocenters. The maximum absolute atomic E-state index is 13.1. The number of rotatable bonds is 14. The van der Waals surface area contributed by atoms with E-state index in [2.05, 4.69) is 0 Å². The van der Waals surface area contributed by atoms with E-state index in [4.69, 9.17) is 23.7 Å². The van der Waals surface area contributed by atoms with E-state index in [1.165, 1.54) is 78.9 Å². The van der Waals surface area contributed by atoms with Crippen molar-refractivity contribution < 1.29 is 52.7 Å². The second-order valence-electron chi connectivity index (χ2n) is 12.4. The number of hydrogen-bond acceptors (Lipinski definition) is 15. The lowest BCUT2D eigenvalue weighted by Gasteiger charge is -2.22. The van der Waals surface area contributed by atoms with Crippen molar-refractivity contribution in [3.63, 3.8) is 0 Å². The fourth-order valence-corrected chi connectivity index (χ4v) is 8.07. The van der Waals surface area contributed by atoms with Crippen LogP contribution in [0.5, 0.6) is 23.0 Å². The maximum Gasteiger partial charge on any atom is 0.329 e. The summed E-state index contributed by atoms with van der Waals surface area (Å²) in [6, 6.07) is 22.1. The summed E-state index contributed by atoms with van der Waals surface area (Å²) in [5.41, 5.74) is 0.621. The summed E-state index contributed by atoms with van der Waals surface area (Å²) in [5, 5.41) is 23.3. The lowest BCUT2D eigenvalue weighted by atomic mass is 10.1. The van der Waals surface area contributed by atoms with Crippen LogP contribution in [0.1, 0.15) is 31.8 Å². The number of thioether (sulfide) groups is 2. The smallest absolute Gasteiger partial charge is 0.329 e. The SMILES string of the molecule is COC(=O)[C@@H]1CSCN1C(=O)c1cc(OC)c(OCc2ccccc2)cc1[N+](=O)[O-].COc1cc(C(=O)N2CSC[C@H]2C=O)c([N+](=O)[O-])cc1OCc1ccccc1. The molecule has 4 aromatic carbocycles. The van der Waals surface area contributed by atoms with E-state index in [0.29, 0.717) is 23.7 Å². The number of esters is 1. The van der Waals surface area contributed by atoms with Crippen LogP contribution in [0.3, 0.4) is 0 Å². The van der Waals surface area contributed by atoms with Gasteiger partial charge in [0.1, 0.15) is 36.7 Å². The van der Waals surface area contributed by atoms with E-state index >= 15 is 0 Å². The van der Waals surface area contributed by atoms with Gasteiger partial charge in [0.2, 0.25) is 0 Å². The molecule has 2 aliphatic rings. The number of carbonyl (C=O) groups is 4. The first-order valence-corrected chi connectivity index (χ1v) is 19.7. The van der Waals surface area contributed by atoms with Gasteiger partial charge in [-0.3, -0.25) is 29.8 Å². The van der Waals surface area contributed by atoms with Gasteiger partial charge in [-0.15, -0.1) is 23.5 Å². The van der Waals surface area contributed by atoms with Gasteiger partial charge in [-0.25, -0.2) is 4.79 Å². The number of nitro groups is 2. The molecule has 2 aliphatic heterocycles. The zero-order chi connectivity index (χ0) is 41.8. The molecular formula is C39H38N4O13S2. The second-order valence-corrected chi connectivity index (χ2v) is 14.4. The maximum atomic E-state index is 13.1. The summed E-state index contributed by atoms with van der Waals surface area (Å²) >= 11 is 2.79. The minimum Gasteiger partial charge on any atom is -0.493 e. The van der Waals surface area contributed by atoms with Crippen LogP contribution in [0.2, 0.25) is 0 Å². The molecule has 0 saturated carbocycles. The molecule has 0 bridgehead atoms. The fourth-order valence-electron chi connectivity index (χ4n) is 5.82. The Morgan fingerprint density at radius 3 is 1.57 bits per heavy atom. The van der Waals surface area contributed by atoms with Crippen LogP contribution in [0.15, 0.2) is 84.9 Å². The van der Waals surface area contributed by atoms with Crippen molar-refractivity contribution in [2.75, 3.05) is 44.6 Å². The molecule has 58 heavy (non-hydrogen) atoms. The number of nitro benzene ring substituents is 2. The number of hydrogen-bond donors (Lipinski definition) is 0. The Bertz CT molecular complexity index is 2140. The third kappa shape index (κ3) is 10.1. The number of methoxy groups -OCH3 is 3. The molecule has 304 valence electrons. The van der Waals surface area contributed by atoms with Gasteiger partial charge in [-0.1, -0.05) is 60.7 Å². The van der Waals surface area contributed by atoms with Gasteiger partial charge in [-0.2, -0.15) is 0 Å². The topological polar surface area (TPSA) is 207 Å². The van der Waals surface area contributed by atoms with Crippen LogP contribution in [-0.4, -0.2) is 100 Å². The summed E-state index contributed by atoms with van der Waals surface area (Å²) in [7, 11) is 4.01. The number of nitrogens with zero attached hydrogens (tertiary/aromatic N) is 4. The summed E-state index contributed by atoms with van der Waals surface area (Å²) in [4.78, 5) is 73.6. The van der Waals surface area contributed by atoms with Crippen molar-refractivity contribution in [3.8, 4) is 23.0 Å². The van der Waals surface area contributed by atoms with Gasteiger partial charge in [0.05, 0.1) is 61.1 Å². The lowest BCUT2D eigenvalue weighted by Crippen LogP contribution is -2.42. The van der Waals surface area contributed by atoms with Gasteiger partial charge in [0, 0.05) is 23.6 Å². The van der Waals surface area contributed by atoms with Crippen molar-refractivity contribution in [1.29, 1.82) is 0 Å². The van der Waals surface area contributed by atoms with E-state index in [0.717, 1.165) is 11.1 Å². The molecule has 0 radical (unpaired) electrons. The molecular weight excluding hydrogens is 797 g/mol. The quantitative estimate of drug-likeness (QED) is 0.0640. The van der Waals surface area contributed by atoms with Crippen molar-refractivity contribution in [2.45, 2.75) is 25.3 Å². The minimum absolute atomic E-state index is 0.136. The number of ether oxygens (including phenoxy) is 5. The molecule has 2 amide bonds. The number of benzene rings is 4. The molecule has 17 nitrogen and oxygen atoms in total. The largest absolute Gasteiger partial charge is 0.493 e. The van der Waals surface area contributed by atoms with Crippen molar-refractivity contribution in [2.24, 2.45) is 0 Å². The van der Waals surface area contributed by atoms with Gasteiger partial charge < -0.3 is 38.3 Å². The highest BCUT2D eigenvalue weighted by Gasteiger charge is 2.39. The number of aldehydes is 1. The molecule has 2 atom stereocenters. The Morgan fingerprint density at radius 2 is 1.14 bits per heavy atom. The zero-order valence-electron chi connectivity index (χ0n) is 31.5. The fraction of sp³-hybridized carbons (Fsp3) is 0.282. The highest BCUT2D eigenvalue weighted by atomic mass is 32.2. The molecule has 0 aliphatic carbocycles. The summed E-state index contributed by atoms with van der Waals surface area (Å²) in [6.07, 6.45) is 0.679. The van der Waals surface area contributed by atoms with E-state index in [1.54, 1.807) is 0 Å². The van der Waals surface area contributed by atoms with Crippen molar-refractivity contribution >= 4 is 59.0 Å². The predicted octanol–water partition coefficient (Wildman–Crippen LogP) is 5.77. The standard InChI is InChI=1S/C20H20N2O7S.C19H18N2O6S/c1-27-17-8-14(19(23)21-12-30-11-16(21)20(24)28-2)15(22(25)26)9-18(17)29-10-13-6-4-3-5-7-13;1-26-17-7-15(19(23)20-12-28-11-14(20)9-22)16(21(24)25)8-18(17)27-10-13-5-3-2-4-6-13/h3-9,16H,10-12H2,1-2H3;2-9,14H,10-12H2,1H3/t16-;14-/m01/s1. The first kappa shape index (κ1) is 42.8. The highest BCUT2D eigenvalue weighted by molar-refractivity contribution is 7.99. The zero-order valence-corrected chi connectivity index (χ0v) is 33.1. The van der Waals surface area contributed by atoms with Gasteiger partial charge in [0.15, 0.2) is 23.0 Å². The molecule has 2 heterocycles. The van der Waals surface area contributed by atoms with Crippen LogP contribution in [0.4, 0.5) is 11.4 Å². The Balaban J connectivity index is 0.000000221. The first-order valence-electron chi connectivity index (χ1n) is 17.4. The third-order valence-electron chi connectivity index (χ3n) is 8.85. The highest BCUT2D eigenvalue weighted by Crippen LogP contribution is 2.38. The van der Waals surface area contributed by atoms with Crippen LogP contribution in [0.25, 0.3) is 0 Å². The Labute approximate surface area is 340 Å². The van der Waals surface area contributed by atoms with E-state index < -0.39 is 51.1 Å². The Hall–Kier alpha value is -6.34. The molecule has 2 fully saturated rings. The average Bonchev–Trinajstić information content (AvgIpc) is 3.95. The molecule has 19 heteroatoms.